The highest BCUT2D eigenvalue weighted by Crippen LogP contribution is 2.39. The molecule has 0 radical (unpaired) electrons. The summed E-state index contributed by atoms with van der Waals surface area (Å²) in [7, 11) is 0. The summed E-state index contributed by atoms with van der Waals surface area (Å²) in [6, 6.07) is 0.825. The fourth-order valence-electron chi connectivity index (χ4n) is 3.35. The Balaban J connectivity index is 1.92. The lowest BCUT2D eigenvalue weighted by Crippen LogP contribution is -2.36. The predicted molar refractivity (Wildman–Crippen MR) is 96.3 cm³/mol. The molecule has 0 bridgehead atoms. The summed E-state index contributed by atoms with van der Waals surface area (Å²) in [5.74, 6) is -0.304. The molecule has 0 aliphatic carbocycles. The first-order chi connectivity index (χ1) is 14.4. The summed E-state index contributed by atoms with van der Waals surface area (Å²) in [4.78, 5) is 25.1. The van der Waals surface area contributed by atoms with Crippen LogP contribution in [-0.2, 0) is 17.1 Å². The molecule has 7 nitrogen and oxygen atoms in total. The highest BCUT2D eigenvalue weighted by atomic mass is 19.4. The van der Waals surface area contributed by atoms with Gasteiger partial charge in [-0.25, -0.2) is 0 Å². The van der Waals surface area contributed by atoms with Gasteiger partial charge in [0.1, 0.15) is 0 Å². The molecule has 1 aromatic heterocycles. The summed E-state index contributed by atoms with van der Waals surface area (Å²) < 4.78 is 77.9. The monoisotopic (exact) mass is 449 g/mol. The number of aromatic amines is 2. The van der Waals surface area contributed by atoms with Crippen LogP contribution in [0.15, 0.2) is 33.2 Å². The number of alkyl halides is 6. The average molecular weight is 449 g/mol. The number of amides is 1. The second kappa shape index (κ2) is 8.19. The maximum atomic E-state index is 13.0. The molecule has 1 aliphatic rings. The van der Waals surface area contributed by atoms with Gasteiger partial charge in [0.15, 0.2) is 5.69 Å². The number of piperidine rings is 1. The van der Waals surface area contributed by atoms with Crippen LogP contribution in [0.25, 0.3) is 0 Å². The zero-order valence-corrected chi connectivity index (χ0v) is 16.1. The molecular weight excluding hydrogens is 432 g/mol. The fourth-order valence-corrected chi connectivity index (χ4v) is 3.35. The van der Waals surface area contributed by atoms with E-state index in [0.717, 1.165) is 0 Å². The van der Waals surface area contributed by atoms with Crippen LogP contribution in [0, 0.1) is 0 Å². The quantitative estimate of drug-likeness (QED) is 0.516. The largest absolute Gasteiger partial charge is 0.416 e. The Bertz CT molecular complexity index is 1010. The molecule has 31 heavy (non-hydrogen) atoms. The third kappa shape index (κ3) is 5.14. The van der Waals surface area contributed by atoms with Gasteiger partial charge in [-0.3, -0.25) is 19.8 Å². The van der Waals surface area contributed by atoms with Crippen molar-refractivity contribution in [2.75, 3.05) is 13.1 Å². The van der Waals surface area contributed by atoms with Crippen molar-refractivity contribution in [2.45, 2.75) is 38.0 Å². The van der Waals surface area contributed by atoms with Crippen LogP contribution >= 0.6 is 0 Å². The third-order valence-electron chi connectivity index (χ3n) is 4.97. The first-order valence-electron chi connectivity index (χ1n) is 9.13. The van der Waals surface area contributed by atoms with Crippen LogP contribution in [0.1, 0.15) is 42.5 Å². The molecule has 13 heteroatoms. The van der Waals surface area contributed by atoms with E-state index in [2.05, 4.69) is 20.4 Å². The van der Waals surface area contributed by atoms with Crippen LogP contribution in [0.4, 0.5) is 37.7 Å². The molecule has 1 aliphatic heterocycles. The molecule has 2 heterocycles. The number of hydrogen-bond acceptors (Lipinski definition) is 4. The molecule has 2 N–H and O–H groups in total. The average Bonchev–Trinajstić information content (AvgIpc) is 3.05. The van der Waals surface area contributed by atoms with Gasteiger partial charge >= 0.3 is 12.4 Å². The van der Waals surface area contributed by atoms with Gasteiger partial charge in [-0.15, -0.1) is 5.11 Å². The number of nitrogens with one attached hydrogen (secondary N) is 2. The minimum absolute atomic E-state index is 0.0175. The van der Waals surface area contributed by atoms with Crippen molar-refractivity contribution >= 4 is 17.3 Å². The molecule has 1 aromatic carbocycles. The second-order valence-electron chi connectivity index (χ2n) is 7.09. The smallest absolute Gasteiger partial charge is 0.343 e. The SMILES string of the molecule is CC(=O)N1CCC(c2[nH][nH]c(=O)c2N=Nc2cc(C(F)(F)F)cc(C(F)(F)F)c2)CC1. The molecule has 1 amide bonds. The van der Waals surface area contributed by atoms with E-state index in [4.69, 9.17) is 0 Å². The van der Waals surface area contributed by atoms with Gasteiger partial charge in [-0.2, -0.15) is 31.5 Å². The van der Waals surface area contributed by atoms with Gasteiger partial charge in [0.2, 0.25) is 5.91 Å². The highest BCUT2D eigenvalue weighted by Gasteiger charge is 2.37. The van der Waals surface area contributed by atoms with E-state index in [9.17, 15) is 35.9 Å². The number of benzene rings is 1. The molecule has 0 atom stereocenters. The Morgan fingerprint density at radius 2 is 1.52 bits per heavy atom. The first-order valence-corrected chi connectivity index (χ1v) is 9.13. The van der Waals surface area contributed by atoms with Gasteiger partial charge in [-0.05, 0) is 31.0 Å². The van der Waals surface area contributed by atoms with Crippen LogP contribution in [-0.4, -0.2) is 34.1 Å². The number of H-pyrrole nitrogens is 2. The van der Waals surface area contributed by atoms with E-state index in [1.807, 2.05) is 0 Å². The molecule has 3 rings (SSSR count). The van der Waals surface area contributed by atoms with E-state index in [1.54, 1.807) is 4.90 Å². The molecular formula is C18H17F6N5O2. The summed E-state index contributed by atoms with van der Waals surface area (Å²) in [6.45, 7) is 2.31. The summed E-state index contributed by atoms with van der Waals surface area (Å²) in [5.41, 5.74) is -4.37. The summed E-state index contributed by atoms with van der Waals surface area (Å²) >= 11 is 0. The number of azo groups is 1. The lowest BCUT2D eigenvalue weighted by Gasteiger charge is -2.30. The maximum Gasteiger partial charge on any atom is 0.416 e. The van der Waals surface area contributed by atoms with Crippen LogP contribution in [0.5, 0.6) is 0 Å². The number of halogens is 6. The minimum atomic E-state index is -5.02. The lowest BCUT2D eigenvalue weighted by atomic mass is 9.93. The van der Waals surface area contributed by atoms with Crippen LogP contribution < -0.4 is 5.56 Å². The topological polar surface area (TPSA) is 93.7 Å². The highest BCUT2D eigenvalue weighted by molar-refractivity contribution is 5.73. The standard InChI is InChI=1S/C18H17F6N5O2/c1-9(30)29-4-2-10(3-5-29)14-15(16(31)28-26-14)27-25-13-7-11(17(19,20)21)6-12(8-13)18(22,23)24/h6-8,10H,2-5H2,1H3,(H2,26,28,31). The van der Waals surface area contributed by atoms with Crippen molar-refractivity contribution < 1.29 is 31.1 Å². The van der Waals surface area contributed by atoms with Crippen molar-refractivity contribution in [3.8, 4) is 0 Å². The van der Waals surface area contributed by atoms with Crippen molar-refractivity contribution in [3.05, 3.63) is 45.4 Å². The number of nitrogens with zero attached hydrogens (tertiary/aromatic N) is 3. The van der Waals surface area contributed by atoms with Gasteiger partial charge in [0, 0.05) is 25.9 Å². The molecule has 0 spiro atoms. The Morgan fingerprint density at radius 1 is 0.968 bits per heavy atom. The van der Waals surface area contributed by atoms with Crippen molar-refractivity contribution in [2.24, 2.45) is 10.2 Å². The van der Waals surface area contributed by atoms with Crippen LogP contribution in [0.3, 0.4) is 0 Å². The van der Waals surface area contributed by atoms with Gasteiger partial charge in [-0.1, -0.05) is 0 Å². The Kier molecular flexibility index (Phi) is 5.96. The molecule has 0 saturated carbocycles. The Morgan fingerprint density at radius 3 is 2.00 bits per heavy atom. The zero-order valence-electron chi connectivity index (χ0n) is 16.1. The zero-order chi connectivity index (χ0) is 23.0. The van der Waals surface area contributed by atoms with E-state index >= 15 is 0 Å². The van der Waals surface area contributed by atoms with Crippen molar-refractivity contribution in [1.82, 2.24) is 15.1 Å². The van der Waals surface area contributed by atoms with E-state index < -0.39 is 34.7 Å². The number of likely N-dealkylation sites (tertiary alicyclic amines) is 1. The second-order valence-corrected chi connectivity index (χ2v) is 7.09. The first kappa shape index (κ1) is 22.6. The third-order valence-corrected chi connectivity index (χ3v) is 4.97. The molecule has 0 unspecified atom stereocenters. The maximum absolute atomic E-state index is 13.0. The van der Waals surface area contributed by atoms with E-state index in [0.29, 0.717) is 43.8 Å². The number of rotatable bonds is 3. The fraction of sp³-hybridized carbons (Fsp3) is 0.444. The Labute approximate surface area is 171 Å². The van der Waals surface area contributed by atoms with E-state index in [-0.39, 0.29) is 23.6 Å². The predicted octanol–water partition coefficient (Wildman–Crippen LogP) is 4.88. The normalized spacial score (nSPS) is 16.3. The van der Waals surface area contributed by atoms with Gasteiger partial charge < -0.3 is 4.90 Å². The van der Waals surface area contributed by atoms with E-state index in [1.165, 1.54) is 6.92 Å². The molecule has 168 valence electrons. The molecule has 2 aromatic rings. The van der Waals surface area contributed by atoms with Gasteiger partial charge in [0.05, 0.1) is 22.5 Å². The van der Waals surface area contributed by atoms with Gasteiger partial charge in [0.25, 0.3) is 5.56 Å². The summed E-state index contributed by atoms with van der Waals surface area (Å²) in [5, 5.41) is 12.1. The van der Waals surface area contributed by atoms with Crippen LogP contribution in [0.2, 0.25) is 0 Å². The lowest BCUT2D eigenvalue weighted by molar-refractivity contribution is -0.143. The number of aromatic nitrogens is 2. The van der Waals surface area contributed by atoms with Crippen molar-refractivity contribution in [3.63, 3.8) is 0 Å². The molecule has 1 saturated heterocycles. The van der Waals surface area contributed by atoms with Crippen molar-refractivity contribution in [1.29, 1.82) is 0 Å². The molecule has 1 fully saturated rings. The number of hydrogen-bond donors (Lipinski definition) is 2. The number of carbonyl (C=O) groups is 1. The Hall–Kier alpha value is -3.12. The number of carbonyl (C=O) groups excluding carboxylic acids is 1. The minimum Gasteiger partial charge on any atom is -0.343 e. The summed E-state index contributed by atoms with van der Waals surface area (Å²) in [6.07, 6.45) is -9.05.